The van der Waals surface area contributed by atoms with Crippen LogP contribution in [0.15, 0.2) is 24.3 Å². The number of carbonyl (C=O) groups excluding carboxylic acids is 3. The van der Waals surface area contributed by atoms with E-state index in [1.807, 2.05) is 4.90 Å². The minimum absolute atomic E-state index is 0.0253. The first-order valence-corrected chi connectivity index (χ1v) is 9.55. The van der Waals surface area contributed by atoms with Crippen LogP contribution >= 0.6 is 12.2 Å². The number of hydrogen-bond donors (Lipinski definition) is 2. The maximum atomic E-state index is 12.3. The number of carbonyl (C=O) groups is 3. The summed E-state index contributed by atoms with van der Waals surface area (Å²) in [5.41, 5.74) is 1.27. The van der Waals surface area contributed by atoms with Gasteiger partial charge >= 0.3 is 5.97 Å². The van der Waals surface area contributed by atoms with Crippen LogP contribution in [0.25, 0.3) is 0 Å². The first-order valence-electron chi connectivity index (χ1n) is 9.14. The van der Waals surface area contributed by atoms with Crippen LogP contribution in [0.3, 0.4) is 0 Å². The second-order valence-corrected chi connectivity index (χ2v) is 6.70. The normalized spacial score (nSPS) is 13.1. The Morgan fingerprint density at radius 3 is 2.39 bits per heavy atom. The van der Waals surface area contributed by atoms with E-state index in [-0.39, 0.29) is 36.4 Å². The highest BCUT2D eigenvalue weighted by Crippen LogP contribution is 2.15. The van der Waals surface area contributed by atoms with E-state index >= 15 is 0 Å². The molecular weight excluding hydrogens is 382 g/mol. The molecule has 2 N–H and O–H groups in total. The Morgan fingerprint density at radius 2 is 1.75 bits per heavy atom. The van der Waals surface area contributed by atoms with Crippen LogP contribution in [-0.4, -0.2) is 61.2 Å². The number of nitrogens with zero attached hydrogens (tertiary/aromatic N) is 1. The van der Waals surface area contributed by atoms with Gasteiger partial charge in [-0.2, -0.15) is 0 Å². The molecule has 1 aliphatic rings. The molecule has 0 unspecified atom stereocenters. The van der Waals surface area contributed by atoms with Gasteiger partial charge in [0, 0.05) is 37.9 Å². The van der Waals surface area contributed by atoms with Crippen LogP contribution in [0.2, 0.25) is 0 Å². The number of rotatable bonds is 8. The van der Waals surface area contributed by atoms with Crippen LogP contribution in [0.5, 0.6) is 0 Å². The summed E-state index contributed by atoms with van der Waals surface area (Å²) >= 11 is 5.10. The quantitative estimate of drug-likeness (QED) is 0.385. The molecule has 0 spiro atoms. The predicted octanol–water partition coefficient (Wildman–Crippen LogP) is 1.71. The number of ether oxygens (including phenoxy) is 2. The monoisotopic (exact) mass is 407 g/mol. The van der Waals surface area contributed by atoms with E-state index in [9.17, 15) is 14.4 Å². The lowest BCUT2D eigenvalue weighted by molar-refractivity contribution is -0.146. The smallest absolute Gasteiger partial charge is 0.306 e. The molecule has 152 valence electrons. The molecule has 1 aromatic rings. The Balaban J connectivity index is 1.72. The zero-order valence-electron chi connectivity index (χ0n) is 15.9. The fraction of sp³-hybridized carbons (Fsp3) is 0.474. The molecule has 0 atom stereocenters. The number of methoxy groups -OCH3 is 1. The van der Waals surface area contributed by atoms with Crippen molar-refractivity contribution in [2.24, 2.45) is 0 Å². The average Bonchev–Trinajstić information content (AvgIpc) is 3.21. The molecule has 0 aliphatic carbocycles. The van der Waals surface area contributed by atoms with Crippen molar-refractivity contribution in [2.75, 3.05) is 38.7 Å². The van der Waals surface area contributed by atoms with Gasteiger partial charge in [0.1, 0.15) is 6.61 Å². The molecule has 8 nitrogen and oxygen atoms in total. The lowest BCUT2D eigenvalue weighted by Gasteiger charge is -2.15. The van der Waals surface area contributed by atoms with Gasteiger partial charge in [-0.15, -0.1) is 0 Å². The zero-order chi connectivity index (χ0) is 20.4. The van der Waals surface area contributed by atoms with E-state index in [2.05, 4.69) is 10.6 Å². The fourth-order valence-corrected chi connectivity index (χ4v) is 2.91. The number of benzene rings is 1. The molecule has 1 aromatic carbocycles. The van der Waals surface area contributed by atoms with Gasteiger partial charge in [-0.05, 0) is 49.3 Å². The molecule has 1 aliphatic heterocycles. The third kappa shape index (κ3) is 7.24. The molecule has 2 rings (SSSR count). The molecule has 0 saturated carbocycles. The number of hydrogen-bond acceptors (Lipinski definition) is 6. The summed E-state index contributed by atoms with van der Waals surface area (Å²) in [7, 11) is 1.51. The van der Waals surface area contributed by atoms with Crippen LogP contribution in [0.4, 0.5) is 5.69 Å². The SMILES string of the molecule is COCCOC(=O)CCC(=O)NC(=S)Nc1ccc(C(=O)N2CCCC2)cc1. The van der Waals surface area contributed by atoms with Crippen LogP contribution in [-0.2, 0) is 19.1 Å². The van der Waals surface area contributed by atoms with Gasteiger partial charge in [-0.1, -0.05) is 0 Å². The van der Waals surface area contributed by atoms with Gasteiger partial charge in [0.15, 0.2) is 5.11 Å². The van der Waals surface area contributed by atoms with Crippen molar-refractivity contribution >= 4 is 40.8 Å². The van der Waals surface area contributed by atoms with Crippen LogP contribution in [0, 0.1) is 0 Å². The maximum Gasteiger partial charge on any atom is 0.306 e. The van der Waals surface area contributed by atoms with Crippen molar-refractivity contribution in [3.63, 3.8) is 0 Å². The molecule has 1 saturated heterocycles. The van der Waals surface area contributed by atoms with Gasteiger partial charge in [-0.25, -0.2) is 0 Å². The molecule has 28 heavy (non-hydrogen) atoms. The van der Waals surface area contributed by atoms with Crippen molar-refractivity contribution in [1.29, 1.82) is 0 Å². The third-order valence-electron chi connectivity index (χ3n) is 4.14. The Labute approximate surface area is 169 Å². The summed E-state index contributed by atoms with van der Waals surface area (Å²) in [5, 5.41) is 5.51. The number of esters is 1. The molecule has 0 aromatic heterocycles. The molecule has 1 heterocycles. The summed E-state index contributed by atoms with van der Waals surface area (Å²) in [6.07, 6.45) is 2.02. The third-order valence-corrected chi connectivity index (χ3v) is 4.35. The van der Waals surface area contributed by atoms with Gasteiger partial charge in [0.25, 0.3) is 5.91 Å². The highest BCUT2D eigenvalue weighted by molar-refractivity contribution is 7.80. The number of anilines is 1. The Hall–Kier alpha value is -2.52. The molecule has 0 radical (unpaired) electrons. The summed E-state index contributed by atoms with van der Waals surface area (Å²) in [5.74, 6) is -0.830. The van der Waals surface area contributed by atoms with Crippen LogP contribution < -0.4 is 10.6 Å². The topological polar surface area (TPSA) is 97.0 Å². The summed E-state index contributed by atoms with van der Waals surface area (Å²) in [4.78, 5) is 37.4. The molecular formula is C19H25N3O5S. The Morgan fingerprint density at radius 1 is 1.07 bits per heavy atom. The van der Waals surface area contributed by atoms with Crippen LogP contribution in [0.1, 0.15) is 36.0 Å². The second kappa shape index (κ2) is 11.4. The van der Waals surface area contributed by atoms with E-state index in [1.54, 1.807) is 24.3 Å². The second-order valence-electron chi connectivity index (χ2n) is 6.29. The minimum Gasteiger partial charge on any atom is -0.463 e. The van der Waals surface area contributed by atoms with Crippen molar-refractivity contribution in [2.45, 2.75) is 25.7 Å². The predicted molar refractivity (Wildman–Crippen MR) is 108 cm³/mol. The first kappa shape index (κ1) is 21.8. The van der Waals surface area contributed by atoms with E-state index in [0.717, 1.165) is 25.9 Å². The zero-order valence-corrected chi connectivity index (χ0v) is 16.7. The van der Waals surface area contributed by atoms with E-state index in [0.29, 0.717) is 17.9 Å². The van der Waals surface area contributed by atoms with Gasteiger partial charge in [0.05, 0.1) is 13.0 Å². The van der Waals surface area contributed by atoms with Gasteiger partial charge in [-0.3, -0.25) is 14.4 Å². The van der Waals surface area contributed by atoms with Crippen molar-refractivity contribution in [3.05, 3.63) is 29.8 Å². The molecule has 9 heteroatoms. The highest BCUT2D eigenvalue weighted by atomic mass is 32.1. The van der Waals surface area contributed by atoms with Crippen molar-refractivity contribution in [3.8, 4) is 0 Å². The van der Waals surface area contributed by atoms with E-state index in [1.165, 1.54) is 7.11 Å². The number of thiocarbonyl (C=S) groups is 1. The molecule has 1 fully saturated rings. The summed E-state index contributed by atoms with van der Waals surface area (Å²) in [6, 6.07) is 6.91. The number of amides is 2. The average molecular weight is 407 g/mol. The van der Waals surface area contributed by atoms with E-state index in [4.69, 9.17) is 21.7 Å². The molecule has 2 amide bonds. The summed E-state index contributed by atoms with van der Waals surface area (Å²) in [6.45, 7) is 2.07. The van der Waals surface area contributed by atoms with Crippen molar-refractivity contribution < 1.29 is 23.9 Å². The number of nitrogens with one attached hydrogen (secondary N) is 2. The summed E-state index contributed by atoms with van der Waals surface area (Å²) < 4.78 is 9.65. The minimum atomic E-state index is -0.468. The van der Waals surface area contributed by atoms with Gasteiger partial charge in [0.2, 0.25) is 5.91 Å². The number of likely N-dealkylation sites (tertiary alicyclic amines) is 1. The lowest BCUT2D eigenvalue weighted by atomic mass is 10.2. The Bertz CT molecular complexity index is 702. The maximum absolute atomic E-state index is 12.3. The fourth-order valence-electron chi connectivity index (χ4n) is 2.68. The first-order chi connectivity index (χ1) is 13.5. The van der Waals surface area contributed by atoms with Crippen molar-refractivity contribution in [1.82, 2.24) is 10.2 Å². The van der Waals surface area contributed by atoms with Gasteiger partial charge < -0.3 is 25.0 Å². The lowest BCUT2D eigenvalue weighted by Crippen LogP contribution is -2.34. The highest BCUT2D eigenvalue weighted by Gasteiger charge is 2.19. The standard InChI is InChI=1S/C19H25N3O5S/c1-26-12-13-27-17(24)9-8-16(23)21-19(28)20-15-6-4-14(5-7-15)18(25)22-10-2-3-11-22/h4-7H,2-3,8-13H2,1H3,(H2,20,21,23,28). The van der Waals surface area contributed by atoms with E-state index < -0.39 is 5.97 Å². The largest absolute Gasteiger partial charge is 0.463 e. The molecule has 0 bridgehead atoms. The Kier molecular flexibility index (Phi) is 8.83.